The Morgan fingerprint density at radius 1 is 1.43 bits per heavy atom. The fourth-order valence-electron chi connectivity index (χ4n) is 2.19. The van der Waals surface area contributed by atoms with Gasteiger partial charge < -0.3 is 20.9 Å². The maximum absolute atomic E-state index is 11.9. The van der Waals surface area contributed by atoms with Crippen LogP contribution in [0.2, 0.25) is 5.02 Å². The molecule has 1 aromatic carbocycles. The van der Waals surface area contributed by atoms with E-state index in [1.807, 2.05) is 0 Å². The van der Waals surface area contributed by atoms with E-state index in [9.17, 15) is 9.90 Å². The lowest BCUT2D eigenvalue weighted by Crippen LogP contribution is -2.37. The van der Waals surface area contributed by atoms with Crippen molar-refractivity contribution in [2.24, 2.45) is 5.73 Å². The third kappa shape index (κ3) is 5.13. The fraction of sp³-hybridized carbons (Fsp3) is 0.500. The molecule has 0 saturated carbocycles. The first-order valence-corrected chi connectivity index (χ1v) is 7.04. The summed E-state index contributed by atoms with van der Waals surface area (Å²) >= 11 is 5.78. The maximum atomic E-state index is 11.9. The summed E-state index contributed by atoms with van der Waals surface area (Å²) in [7, 11) is 0. The molecule has 3 atom stereocenters. The zero-order valence-electron chi connectivity index (χ0n) is 11.5. The van der Waals surface area contributed by atoms with Crippen molar-refractivity contribution in [3.63, 3.8) is 0 Å². The number of rotatable bonds is 5. The van der Waals surface area contributed by atoms with Gasteiger partial charge in [0, 0.05) is 18.1 Å². The molecule has 1 unspecified atom stereocenters. The Labute approximate surface area is 135 Å². The molecule has 1 amide bonds. The smallest absolute Gasteiger partial charge is 0.249 e. The number of carbonyl (C=O) groups is 1. The third-order valence-electron chi connectivity index (χ3n) is 3.39. The summed E-state index contributed by atoms with van der Waals surface area (Å²) in [6.07, 6.45) is 0.217. The van der Waals surface area contributed by atoms with Gasteiger partial charge in [-0.15, -0.1) is 12.4 Å². The van der Waals surface area contributed by atoms with E-state index in [1.54, 1.807) is 24.3 Å². The molecule has 1 fully saturated rings. The Balaban J connectivity index is 0.00000220. The average molecular weight is 335 g/mol. The highest BCUT2D eigenvalue weighted by Gasteiger charge is 2.29. The molecule has 5 nitrogen and oxygen atoms in total. The monoisotopic (exact) mass is 334 g/mol. The number of benzene rings is 1. The SMILES string of the molecule is Cl.NC[C@H]1CC[C@@H](C(=O)NCC(O)c2ccc(Cl)cc2)O1. The van der Waals surface area contributed by atoms with Gasteiger partial charge in [-0.25, -0.2) is 0 Å². The minimum Gasteiger partial charge on any atom is -0.387 e. The van der Waals surface area contributed by atoms with E-state index in [2.05, 4.69) is 5.32 Å². The first-order valence-electron chi connectivity index (χ1n) is 6.67. The molecule has 0 spiro atoms. The Kier molecular flexibility index (Phi) is 7.42. The second-order valence-electron chi connectivity index (χ2n) is 4.87. The number of hydrogen-bond donors (Lipinski definition) is 3. The molecule has 118 valence electrons. The fourth-order valence-corrected chi connectivity index (χ4v) is 2.31. The standard InChI is InChI=1S/C14H19ClN2O3.ClH/c15-10-3-1-9(2-4-10)12(18)8-17-14(19)13-6-5-11(7-16)20-13;/h1-4,11-13,18H,5-8,16H2,(H,17,19);1H/t11-,12?,13+;/m1./s1. The van der Waals surface area contributed by atoms with Gasteiger partial charge in [0.25, 0.3) is 0 Å². The van der Waals surface area contributed by atoms with Crippen LogP contribution in [0, 0.1) is 0 Å². The van der Waals surface area contributed by atoms with Crippen LogP contribution in [0.4, 0.5) is 0 Å². The van der Waals surface area contributed by atoms with Crippen LogP contribution in [0.5, 0.6) is 0 Å². The number of ether oxygens (including phenoxy) is 1. The first kappa shape index (κ1) is 18.2. The van der Waals surface area contributed by atoms with Gasteiger partial charge in [0.05, 0.1) is 12.2 Å². The number of halogens is 2. The van der Waals surface area contributed by atoms with Crippen LogP contribution >= 0.6 is 24.0 Å². The van der Waals surface area contributed by atoms with E-state index in [1.165, 1.54) is 0 Å². The van der Waals surface area contributed by atoms with E-state index in [-0.39, 0.29) is 31.0 Å². The van der Waals surface area contributed by atoms with Crippen molar-refractivity contribution in [2.75, 3.05) is 13.1 Å². The summed E-state index contributed by atoms with van der Waals surface area (Å²) in [6, 6.07) is 6.87. The predicted octanol–water partition coefficient (Wildman–Crippen LogP) is 1.42. The molecule has 1 aromatic rings. The number of aliphatic hydroxyl groups excluding tert-OH is 1. The van der Waals surface area contributed by atoms with Crippen LogP contribution in [-0.4, -0.2) is 36.3 Å². The largest absolute Gasteiger partial charge is 0.387 e. The molecule has 1 saturated heterocycles. The molecule has 0 radical (unpaired) electrons. The van der Waals surface area contributed by atoms with E-state index in [4.69, 9.17) is 22.1 Å². The second kappa shape index (κ2) is 8.56. The Morgan fingerprint density at radius 2 is 2.10 bits per heavy atom. The van der Waals surface area contributed by atoms with Crippen LogP contribution in [-0.2, 0) is 9.53 Å². The van der Waals surface area contributed by atoms with Gasteiger partial charge >= 0.3 is 0 Å². The summed E-state index contributed by atoms with van der Waals surface area (Å²) in [5, 5.41) is 13.3. The molecule has 1 aliphatic heterocycles. The van der Waals surface area contributed by atoms with Crippen molar-refractivity contribution in [3.8, 4) is 0 Å². The molecule has 2 rings (SSSR count). The van der Waals surface area contributed by atoms with Gasteiger partial charge in [0.2, 0.25) is 5.91 Å². The van der Waals surface area contributed by atoms with Crippen molar-refractivity contribution in [3.05, 3.63) is 34.9 Å². The van der Waals surface area contributed by atoms with Crippen LogP contribution < -0.4 is 11.1 Å². The predicted molar refractivity (Wildman–Crippen MR) is 83.6 cm³/mol. The summed E-state index contributed by atoms with van der Waals surface area (Å²) in [6.45, 7) is 0.574. The van der Waals surface area contributed by atoms with Crippen molar-refractivity contribution >= 4 is 29.9 Å². The highest BCUT2D eigenvalue weighted by atomic mass is 35.5. The molecular weight excluding hydrogens is 315 g/mol. The number of nitrogens with one attached hydrogen (secondary N) is 1. The quantitative estimate of drug-likeness (QED) is 0.760. The Morgan fingerprint density at radius 3 is 2.67 bits per heavy atom. The Hall–Kier alpha value is -0.850. The number of hydrogen-bond acceptors (Lipinski definition) is 4. The van der Waals surface area contributed by atoms with Gasteiger partial charge in [-0.2, -0.15) is 0 Å². The lowest BCUT2D eigenvalue weighted by molar-refractivity contribution is -0.132. The van der Waals surface area contributed by atoms with Gasteiger partial charge in [0.15, 0.2) is 0 Å². The summed E-state index contributed by atoms with van der Waals surface area (Å²) < 4.78 is 5.49. The lowest BCUT2D eigenvalue weighted by atomic mass is 10.1. The number of aliphatic hydroxyl groups is 1. The topological polar surface area (TPSA) is 84.6 Å². The van der Waals surface area contributed by atoms with E-state index in [0.717, 1.165) is 6.42 Å². The summed E-state index contributed by atoms with van der Waals surface area (Å²) in [5.41, 5.74) is 6.21. The molecule has 7 heteroatoms. The summed E-state index contributed by atoms with van der Waals surface area (Å²) in [4.78, 5) is 11.9. The number of carbonyl (C=O) groups excluding carboxylic acids is 1. The minimum absolute atomic E-state index is 0. The van der Waals surface area contributed by atoms with E-state index >= 15 is 0 Å². The lowest BCUT2D eigenvalue weighted by Gasteiger charge is -2.15. The van der Waals surface area contributed by atoms with Crippen molar-refractivity contribution in [1.29, 1.82) is 0 Å². The third-order valence-corrected chi connectivity index (χ3v) is 3.64. The van der Waals surface area contributed by atoms with Crippen molar-refractivity contribution in [2.45, 2.75) is 31.2 Å². The van der Waals surface area contributed by atoms with Gasteiger partial charge in [-0.3, -0.25) is 4.79 Å². The highest BCUT2D eigenvalue weighted by molar-refractivity contribution is 6.30. The first-order chi connectivity index (χ1) is 9.60. The van der Waals surface area contributed by atoms with Crippen molar-refractivity contribution < 1.29 is 14.6 Å². The molecule has 0 bridgehead atoms. The second-order valence-corrected chi connectivity index (χ2v) is 5.31. The van der Waals surface area contributed by atoms with Crippen LogP contribution in [0.1, 0.15) is 24.5 Å². The molecular formula is C14H20Cl2N2O3. The van der Waals surface area contributed by atoms with E-state index < -0.39 is 12.2 Å². The van der Waals surface area contributed by atoms with Crippen LogP contribution in [0.15, 0.2) is 24.3 Å². The van der Waals surface area contributed by atoms with Crippen molar-refractivity contribution in [1.82, 2.24) is 5.32 Å². The molecule has 0 aromatic heterocycles. The van der Waals surface area contributed by atoms with Gasteiger partial charge in [0.1, 0.15) is 6.10 Å². The molecule has 21 heavy (non-hydrogen) atoms. The normalized spacial score (nSPS) is 22.4. The maximum Gasteiger partial charge on any atom is 0.249 e. The van der Waals surface area contributed by atoms with Gasteiger partial charge in [-0.05, 0) is 30.5 Å². The molecule has 4 N–H and O–H groups in total. The summed E-state index contributed by atoms with van der Waals surface area (Å²) in [5.74, 6) is -0.200. The average Bonchev–Trinajstić information content (AvgIpc) is 2.94. The minimum atomic E-state index is -0.761. The molecule has 0 aliphatic carbocycles. The van der Waals surface area contributed by atoms with Crippen LogP contribution in [0.25, 0.3) is 0 Å². The highest BCUT2D eigenvalue weighted by Crippen LogP contribution is 2.19. The van der Waals surface area contributed by atoms with Crippen LogP contribution in [0.3, 0.4) is 0 Å². The Bertz CT molecular complexity index is 456. The number of amides is 1. The zero-order valence-corrected chi connectivity index (χ0v) is 13.1. The zero-order chi connectivity index (χ0) is 14.5. The molecule has 1 heterocycles. The number of nitrogens with two attached hydrogens (primary N) is 1. The van der Waals surface area contributed by atoms with E-state index in [0.29, 0.717) is 23.6 Å². The molecule has 1 aliphatic rings. The van der Waals surface area contributed by atoms with Gasteiger partial charge in [-0.1, -0.05) is 23.7 Å².